The van der Waals surface area contributed by atoms with Gasteiger partial charge < -0.3 is 0 Å². The lowest BCUT2D eigenvalue weighted by Crippen LogP contribution is -2.06. The van der Waals surface area contributed by atoms with Crippen molar-refractivity contribution in [2.75, 3.05) is 5.43 Å². The second-order valence-electron chi connectivity index (χ2n) is 6.55. The van der Waals surface area contributed by atoms with Crippen LogP contribution in [0.25, 0.3) is 0 Å². The first-order valence-electron chi connectivity index (χ1n) is 9.06. The van der Waals surface area contributed by atoms with E-state index in [0.29, 0.717) is 5.71 Å². The second-order valence-corrected chi connectivity index (χ2v) is 6.55. The number of hydrazone groups is 1. The predicted molar refractivity (Wildman–Crippen MR) is 108 cm³/mol. The minimum atomic E-state index is -0.664. The van der Waals surface area contributed by atoms with E-state index in [2.05, 4.69) is 10.5 Å². The van der Waals surface area contributed by atoms with E-state index in [-0.39, 0.29) is 11.4 Å². The molecule has 0 radical (unpaired) electrons. The third-order valence-corrected chi connectivity index (χ3v) is 4.59. The number of non-ortho nitro benzene ring substituents is 1. The van der Waals surface area contributed by atoms with Gasteiger partial charge in [0, 0.05) is 11.6 Å². The van der Waals surface area contributed by atoms with Crippen molar-refractivity contribution < 1.29 is 9.85 Å². The molecule has 0 aromatic heterocycles. The fourth-order valence-electron chi connectivity index (χ4n) is 3.13. The molecule has 0 amide bonds. The zero-order valence-corrected chi connectivity index (χ0v) is 15.2. The minimum absolute atomic E-state index is 0.103. The molecule has 2 aromatic carbocycles. The van der Waals surface area contributed by atoms with Crippen LogP contribution >= 0.6 is 0 Å². The zero-order valence-electron chi connectivity index (χ0n) is 15.2. The first kappa shape index (κ1) is 19.2. The lowest BCUT2D eigenvalue weighted by molar-refractivity contribution is -0.393. The minimum Gasteiger partial charge on any atom is -0.271 e. The summed E-state index contributed by atoms with van der Waals surface area (Å²) in [5, 5.41) is 26.6. The van der Waals surface area contributed by atoms with Crippen LogP contribution in [0, 0.1) is 20.2 Å². The molecular weight excluding hydrogens is 360 g/mol. The zero-order chi connectivity index (χ0) is 19.9. The smallest absolute Gasteiger partial charge is 0.271 e. The number of rotatable bonds is 6. The number of nitro benzene ring substituents is 2. The van der Waals surface area contributed by atoms with Crippen molar-refractivity contribution >= 4 is 22.8 Å². The molecule has 1 aliphatic carbocycles. The number of allylic oxidation sites excluding steroid dienone is 2. The molecule has 8 nitrogen and oxygen atoms in total. The van der Waals surface area contributed by atoms with Crippen molar-refractivity contribution in [3.05, 3.63) is 86.0 Å². The van der Waals surface area contributed by atoms with Gasteiger partial charge in [-0.15, -0.1) is 0 Å². The van der Waals surface area contributed by atoms with E-state index >= 15 is 0 Å². The number of hydrogen-bond acceptors (Lipinski definition) is 6. The number of hydrogen-bond donors (Lipinski definition) is 1. The van der Waals surface area contributed by atoms with Gasteiger partial charge in [-0.05, 0) is 37.8 Å². The molecule has 2 aromatic rings. The van der Waals surface area contributed by atoms with Gasteiger partial charge in [0.05, 0.1) is 21.6 Å². The lowest BCUT2D eigenvalue weighted by atomic mass is 9.93. The number of benzene rings is 2. The fraction of sp³-hybridized carbons (Fsp3) is 0.250. The maximum atomic E-state index is 11.3. The fourth-order valence-corrected chi connectivity index (χ4v) is 3.13. The summed E-state index contributed by atoms with van der Waals surface area (Å²) in [6, 6.07) is 13.0. The highest BCUT2D eigenvalue weighted by Crippen LogP contribution is 2.29. The summed E-state index contributed by atoms with van der Waals surface area (Å²) in [5.74, 6) is 0. The average Bonchev–Trinajstić information content (AvgIpc) is 2.72. The van der Waals surface area contributed by atoms with E-state index in [1.54, 1.807) is 0 Å². The predicted octanol–water partition coefficient (Wildman–Crippen LogP) is 5.21. The van der Waals surface area contributed by atoms with Gasteiger partial charge in [0.25, 0.3) is 5.69 Å². The first-order valence-corrected chi connectivity index (χ1v) is 9.06. The Balaban J connectivity index is 1.95. The van der Waals surface area contributed by atoms with Gasteiger partial charge in [-0.3, -0.25) is 25.7 Å². The summed E-state index contributed by atoms with van der Waals surface area (Å²) in [5.41, 5.74) is 4.96. The molecule has 3 rings (SSSR count). The summed E-state index contributed by atoms with van der Waals surface area (Å²) in [6.07, 6.45) is 7.58. The maximum absolute atomic E-state index is 11.3. The number of nitrogens with one attached hydrogen (secondary N) is 1. The van der Waals surface area contributed by atoms with Crippen molar-refractivity contribution in [1.29, 1.82) is 0 Å². The summed E-state index contributed by atoms with van der Waals surface area (Å²) in [4.78, 5) is 20.9. The van der Waals surface area contributed by atoms with Crippen molar-refractivity contribution in [2.24, 2.45) is 5.10 Å². The molecule has 1 fully saturated rings. The van der Waals surface area contributed by atoms with Crippen LogP contribution in [0.2, 0.25) is 0 Å². The Kier molecular flexibility index (Phi) is 6.11. The summed E-state index contributed by atoms with van der Waals surface area (Å²) < 4.78 is 0. The van der Waals surface area contributed by atoms with Gasteiger partial charge in [0.2, 0.25) is 0 Å². The Morgan fingerprint density at radius 1 is 0.964 bits per heavy atom. The SMILES string of the molecule is O=[N+]([O-])c1ccc(N/N=C(/C=C2CCCCC2)c2ccccc2)c([N+](=O)[O-])c1. The summed E-state index contributed by atoms with van der Waals surface area (Å²) in [6.45, 7) is 0. The van der Waals surface area contributed by atoms with Crippen LogP contribution in [0.3, 0.4) is 0 Å². The highest BCUT2D eigenvalue weighted by molar-refractivity contribution is 6.09. The molecule has 0 unspecified atom stereocenters. The van der Waals surface area contributed by atoms with E-state index in [4.69, 9.17) is 0 Å². The van der Waals surface area contributed by atoms with Crippen molar-refractivity contribution in [1.82, 2.24) is 0 Å². The molecule has 0 spiro atoms. The normalized spacial score (nSPS) is 14.4. The highest BCUT2D eigenvalue weighted by atomic mass is 16.6. The van der Waals surface area contributed by atoms with Crippen LogP contribution in [0.15, 0.2) is 65.3 Å². The third-order valence-electron chi connectivity index (χ3n) is 4.59. The van der Waals surface area contributed by atoms with Gasteiger partial charge in [-0.1, -0.05) is 42.3 Å². The third kappa shape index (κ3) is 4.79. The summed E-state index contributed by atoms with van der Waals surface area (Å²) >= 11 is 0. The van der Waals surface area contributed by atoms with Crippen molar-refractivity contribution in [3.63, 3.8) is 0 Å². The number of nitro groups is 2. The van der Waals surface area contributed by atoms with Gasteiger partial charge in [-0.2, -0.15) is 5.10 Å². The standard InChI is InChI=1S/C20H20N4O4/c25-23(26)17-11-12-18(20(14-17)24(27)28)21-22-19(16-9-5-2-6-10-16)13-15-7-3-1-4-8-15/h2,5-6,9-14,21H,1,3-4,7-8H2/b22-19-. The Bertz CT molecular complexity index is 930. The van der Waals surface area contributed by atoms with E-state index in [1.807, 2.05) is 36.4 Å². The van der Waals surface area contributed by atoms with Gasteiger partial charge in [-0.25, -0.2) is 0 Å². The Hall–Kier alpha value is -3.55. The number of anilines is 1. The molecule has 0 aliphatic heterocycles. The van der Waals surface area contributed by atoms with Crippen molar-refractivity contribution in [3.8, 4) is 0 Å². The molecule has 0 saturated heterocycles. The largest absolute Gasteiger partial charge is 0.301 e. The second kappa shape index (κ2) is 8.90. The van der Waals surface area contributed by atoms with E-state index < -0.39 is 15.5 Å². The molecule has 1 N–H and O–H groups in total. The van der Waals surface area contributed by atoms with Crippen molar-refractivity contribution in [2.45, 2.75) is 32.1 Å². The quantitative estimate of drug-likeness (QED) is 0.420. The van der Waals surface area contributed by atoms with Crippen LogP contribution in [0.1, 0.15) is 37.7 Å². The van der Waals surface area contributed by atoms with Gasteiger partial charge in [0.1, 0.15) is 5.69 Å². The molecule has 28 heavy (non-hydrogen) atoms. The van der Waals surface area contributed by atoms with E-state index in [0.717, 1.165) is 37.3 Å². The molecule has 0 bridgehead atoms. The van der Waals surface area contributed by atoms with Crippen LogP contribution < -0.4 is 5.43 Å². The molecule has 1 aliphatic rings. The van der Waals surface area contributed by atoms with Crippen LogP contribution in [-0.4, -0.2) is 15.6 Å². The monoisotopic (exact) mass is 380 g/mol. The average molecular weight is 380 g/mol. The Labute approximate surface area is 161 Å². The highest BCUT2D eigenvalue weighted by Gasteiger charge is 2.19. The van der Waals surface area contributed by atoms with E-state index in [9.17, 15) is 20.2 Å². The molecule has 144 valence electrons. The van der Waals surface area contributed by atoms with Crippen LogP contribution in [0.5, 0.6) is 0 Å². The lowest BCUT2D eigenvalue weighted by Gasteiger charge is -2.14. The molecular formula is C20H20N4O4. The molecule has 0 atom stereocenters. The first-order chi connectivity index (χ1) is 13.5. The van der Waals surface area contributed by atoms with Gasteiger partial charge in [0.15, 0.2) is 0 Å². The molecule has 8 heteroatoms. The topological polar surface area (TPSA) is 111 Å². The van der Waals surface area contributed by atoms with Crippen LogP contribution in [0.4, 0.5) is 17.1 Å². The number of nitrogens with zero attached hydrogens (tertiary/aromatic N) is 3. The maximum Gasteiger partial charge on any atom is 0.301 e. The molecule has 1 saturated carbocycles. The summed E-state index contributed by atoms with van der Waals surface area (Å²) in [7, 11) is 0. The Morgan fingerprint density at radius 3 is 2.32 bits per heavy atom. The molecule has 0 heterocycles. The van der Waals surface area contributed by atoms with E-state index in [1.165, 1.54) is 24.1 Å². The Morgan fingerprint density at radius 2 is 1.68 bits per heavy atom. The van der Waals surface area contributed by atoms with Crippen LogP contribution in [-0.2, 0) is 0 Å². The van der Waals surface area contributed by atoms with Gasteiger partial charge >= 0.3 is 5.69 Å².